The maximum atomic E-state index is 13.3. The quantitative estimate of drug-likeness (QED) is 0.535. The number of nitrogens with two attached hydrogens (primary N) is 1. The molecule has 2 aliphatic heterocycles. The highest BCUT2D eigenvalue weighted by Crippen LogP contribution is 2.45. The minimum Gasteiger partial charge on any atom is -0.330 e. The van der Waals surface area contributed by atoms with Gasteiger partial charge in [0.15, 0.2) is 0 Å². The zero-order chi connectivity index (χ0) is 24.3. The van der Waals surface area contributed by atoms with Crippen molar-refractivity contribution in [2.75, 3.05) is 19.6 Å². The van der Waals surface area contributed by atoms with Gasteiger partial charge in [-0.15, -0.1) is 0 Å². The van der Waals surface area contributed by atoms with Crippen LogP contribution in [0.1, 0.15) is 75.2 Å². The van der Waals surface area contributed by atoms with E-state index in [1.165, 1.54) is 36.8 Å². The minimum absolute atomic E-state index is 0.215. The van der Waals surface area contributed by atoms with E-state index in [4.69, 9.17) is 17.3 Å². The fourth-order valence-corrected chi connectivity index (χ4v) is 7.19. The van der Waals surface area contributed by atoms with Crippen molar-refractivity contribution in [3.05, 3.63) is 68.7 Å². The van der Waals surface area contributed by atoms with Gasteiger partial charge in [-0.2, -0.15) is 4.98 Å². The number of benzene rings is 2. The molecule has 184 valence electrons. The molecule has 0 bridgehead atoms. The Morgan fingerprint density at radius 3 is 2.46 bits per heavy atom. The summed E-state index contributed by atoms with van der Waals surface area (Å²) in [5.74, 6) is 1.93. The van der Waals surface area contributed by atoms with Crippen LogP contribution in [0.15, 0.2) is 41.2 Å². The second-order valence-electron chi connectivity index (χ2n) is 11.3. The van der Waals surface area contributed by atoms with Crippen molar-refractivity contribution < 1.29 is 0 Å². The second-order valence-corrected chi connectivity index (χ2v) is 11.7. The van der Waals surface area contributed by atoms with Gasteiger partial charge in [0.2, 0.25) is 0 Å². The number of likely N-dealkylation sites (tertiary alicyclic amines) is 1. The van der Waals surface area contributed by atoms with Crippen LogP contribution in [0.3, 0.4) is 0 Å². The number of fused-ring (bicyclic) bond motifs is 5. The molecule has 2 N–H and O–H groups in total. The maximum absolute atomic E-state index is 13.3. The smallest absolute Gasteiger partial charge is 0.282 e. The molecule has 3 aliphatic rings. The molecule has 1 saturated carbocycles. The number of hydrogen-bond acceptors (Lipinski definition) is 4. The van der Waals surface area contributed by atoms with E-state index in [0.29, 0.717) is 28.3 Å². The Balaban J connectivity index is 1.39. The minimum atomic E-state index is -0.338. The maximum Gasteiger partial charge on any atom is 0.282 e. The van der Waals surface area contributed by atoms with Crippen LogP contribution in [0.2, 0.25) is 5.02 Å². The molecule has 0 atom stereocenters. The van der Waals surface area contributed by atoms with Crippen LogP contribution in [-0.4, -0.2) is 40.1 Å². The summed E-state index contributed by atoms with van der Waals surface area (Å²) < 4.78 is 2.23. The number of aromatic nitrogens is 2. The second kappa shape index (κ2) is 8.72. The van der Waals surface area contributed by atoms with Gasteiger partial charge < -0.3 is 10.6 Å². The van der Waals surface area contributed by atoms with Gasteiger partial charge in [0, 0.05) is 6.04 Å². The Morgan fingerprint density at radius 1 is 1.03 bits per heavy atom. The number of rotatable bonds is 3. The van der Waals surface area contributed by atoms with E-state index in [1.54, 1.807) is 0 Å². The van der Waals surface area contributed by atoms with Crippen LogP contribution in [0.5, 0.6) is 0 Å². The Labute approximate surface area is 212 Å². The van der Waals surface area contributed by atoms with E-state index < -0.39 is 0 Å². The van der Waals surface area contributed by atoms with Gasteiger partial charge in [0.05, 0.1) is 27.0 Å². The molecular formula is C29H35ClN4O. The van der Waals surface area contributed by atoms with Gasteiger partial charge in [-0.3, -0.25) is 9.36 Å². The van der Waals surface area contributed by atoms with Gasteiger partial charge in [-0.05, 0) is 107 Å². The average molecular weight is 491 g/mol. The first kappa shape index (κ1) is 23.2. The van der Waals surface area contributed by atoms with Crippen molar-refractivity contribution in [3.63, 3.8) is 0 Å². The van der Waals surface area contributed by atoms with Crippen molar-refractivity contribution in [2.45, 2.75) is 69.7 Å². The molecule has 3 aromatic rings. The molecule has 1 aromatic heterocycles. The van der Waals surface area contributed by atoms with Crippen LogP contribution in [-0.2, 0) is 5.41 Å². The zero-order valence-corrected chi connectivity index (χ0v) is 21.5. The van der Waals surface area contributed by atoms with Crippen LogP contribution >= 0.6 is 11.6 Å². The van der Waals surface area contributed by atoms with Crippen LogP contribution < -0.4 is 11.3 Å². The summed E-state index contributed by atoms with van der Waals surface area (Å²) >= 11 is 6.65. The van der Waals surface area contributed by atoms with Crippen molar-refractivity contribution in [1.29, 1.82) is 0 Å². The average Bonchev–Trinajstić information content (AvgIpc) is 3.11. The van der Waals surface area contributed by atoms with Gasteiger partial charge in [-0.1, -0.05) is 35.9 Å². The summed E-state index contributed by atoms with van der Waals surface area (Å²) in [6.45, 7) is 7.36. The third-order valence-corrected chi connectivity index (χ3v) is 9.34. The molecule has 5 nitrogen and oxygen atoms in total. The fraction of sp³-hybridized carbons (Fsp3) is 0.517. The molecule has 6 heteroatoms. The van der Waals surface area contributed by atoms with Crippen molar-refractivity contribution in [2.24, 2.45) is 11.7 Å². The van der Waals surface area contributed by atoms with E-state index >= 15 is 0 Å². The van der Waals surface area contributed by atoms with E-state index in [-0.39, 0.29) is 11.0 Å². The number of nitrogens with zero attached hydrogens (tertiary/aromatic N) is 3. The first-order chi connectivity index (χ1) is 16.9. The highest BCUT2D eigenvalue weighted by Gasteiger charge is 2.39. The lowest BCUT2D eigenvalue weighted by Crippen LogP contribution is -2.43. The van der Waals surface area contributed by atoms with Crippen LogP contribution in [0.4, 0.5) is 0 Å². The normalized spacial score (nSPS) is 24.5. The lowest BCUT2D eigenvalue weighted by atomic mass is 9.83. The largest absolute Gasteiger partial charge is 0.330 e. The van der Waals surface area contributed by atoms with E-state index in [9.17, 15) is 4.79 Å². The van der Waals surface area contributed by atoms with Crippen molar-refractivity contribution >= 4 is 22.5 Å². The van der Waals surface area contributed by atoms with Gasteiger partial charge in [-0.25, -0.2) is 0 Å². The Hall–Kier alpha value is -2.21. The van der Waals surface area contributed by atoms with Crippen molar-refractivity contribution in [3.8, 4) is 5.69 Å². The summed E-state index contributed by atoms with van der Waals surface area (Å²) in [7, 11) is 0. The first-order valence-corrected chi connectivity index (χ1v) is 13.6. The molecular weight excluding hydrogens is 456 g/mol. The molecule has 2 fully saturated rings. The highest BCUT2D eigenvalue weighted by molar-refractivity contribution is 6.35. The van der Waals surface area contributed by atoms with Gasteiger partial charge in [0.25, 0.3) is 5.56 Å². The molecule has 0 amide bonds. The molecule has 35 heavy (non-hydrogen) atoms. The topological polar surface area (TPSA) is 64.2 Å². The number of piperidine rings is 1. The van der Waals surface area contributed by atoms with E-state index in [1.807, 2.05) is 6.07 Å². The summed E-state index contributed by atoms with van der Waals surface area (Å²) in [5.41, 5.74) is 9.88. The third-order valence-electron chi connectivity index (χ3n) is 9.03. The first-order valence-electron chi connectivity index (χ1n) is 13.2. The van der Waals surface area contributed by atoms with E-state index in [2.05, 4.69) is 58.6 Å². The molecule has 0 radical (unpaired) electrons. The molecule has 2 aromatic carbocycles. The lowest BCUT2D eigenvalue weighted by molar-refractivity contribution is 0.109. The Morgan fingerprint density at radius 2 is 1.74 bits per heavy atom. The van der Waals surface area contributed by atoms with E-state index in [0.717, 1.165) is 49.5 Å². The molecule has 3 heterocycles. The predicted molar refractivity (Wildman–Crippen MR) is 143 cm³/mol. The summed E-state index contributed by atoms with van der Waals surface area (Å²) in [5, 5.41) is 1.05. The van der Waals surface area contributed by atoms with Crippen LogP contribution in [0, 0.1) is 5.92 Å². The molecule has 1 saturated heterocycles. The summed E-state index contributed by atoms with van der Waals surface area (Å²) in [6.07, 6.45) is 7.28. The Bertz CT molecular complexity index is 1330. The number of hydrogen-bond donors (Lipinski definition) is 1. The van der Waals surface area contributed by atoms with Gasteiger partial charge in [0.1, 0.15) is 5.82 Å². The molecule has 1 aliphatic carbocycles. The zero-order valence-electron chi connectivity index (χ0n) is 20.8. The third kappa shape index (κ3) is 3.66. The highest BCUT2D eigenvalue weighted by atomic mass is 35.5. The monoisotopic (exact) mass is 490 g/mol. The number of halogens is 1. The fourth-order valence-electron chi connectivity index (χ4n) is 6.96. The Kier molecular flexibility index (Phi) is 5.78. The van der Waals surface area contributed by atoms with Crippen molar-refractivity contribution in [1.82, 2.24) is 14.5 Å². The molecule has 6 rings (SSSR count). The summed E-state index contributed by atoms with van der Waals surface area (Å²) in [4.78, 5) is 20.6. The molecule has 0 unspecified atom stereocenters. The number of para-hydroxylation sites is 1. The van der Waals surface area contributed by atoms with Crippen LogP contribution in [0.25, 0.3) is 16.6 Å². The predicted octanol–water partition coefficient (Wildman–Crippen LogP) is 5.38. The summed E-state index contributed by atoms with van der Waals surface area (Å²) in [6, 6.07) is 13.2. The SMILES string of the molecule is CC1(C)c2ccccc2-n2c1nc(=O)c1c(Cl)ccc(C3CCN(C4CCC(CN)CC4)CC3)c12. The lowest BCUT2D eigenvalue weighted by Gasteiger charge is -2.41. The van der Waals surface area contributed by atoms with Gasteiger partial charge >= 0.3 is 0 Å². The molecule has 0 spiro atoms. The standard InChI is InChI=1S/C29H35ClN4O/c1-29(2)22-5-3-4-6-24(22)34-26-21(11-12-23(30)25(26)27(35)32-28(29)34)19-13-15-33(16-14-19)20-9-7-18(17-31)8-10-20/h3-6,11-12,18-20H,7-10,13-17,31H2,1-2H3.